The number of carbonyl (C=O) groups excluding carboxylic acids is 1. The van der Waals surface area contributed by atoms with Crippen LogP contribution in [0.25, 0.3) is 0 Å². The van der Waals surface area contributed by atoms with Crippen LogP contribution in [-0.4, -0.2) is 65.7 Å². The van der Waals surface area contributed by atoms with Gasteiger partial charge in [0.2, 0.25) is 11.8 Å². The number of nitrogens with zero attached hydrogens (tertiary/aromatic N) is 4. The van der Waals surface area contributed by atoms with E-state index in [-0.39, 0.29) is 5.41 Å². The lowest BCUT2D eigenvalue weighted by Crippen LogP contribution is -2.54. The highest BCUT2D eigenvalue weighted by atomic mass is 16.5. The third-order valence-electron chi connectivity index (χ3n) is 5.44. The van der Waals surface area contributed by atoms with Crippen molar-refractivity contribution in [3.63, 3.8) is 0 Å². The predicted molar refractivity (Wildman–Crippen MR) is 92.9 cm³/mol. The van der Waals surface area contributed by atoms with Crippen LogP contribution in [0.4, 0.5) is 0 Å². The Labute approximate surface area is 149 Å². The van der Waals surface area contributed by atoms with Gasteiger partial charge in [0, 0.05) is 51.6 Å². The van der Waals surface area contributed by atoms with Gasteiger partial charge in [-0.1, -0.05) is 12.1 Å². The number of hydrogen-bond donors (Lipinski definition) is 0. The number of methoxy groups -OCH3 is 1. The van der Waals surface area contributed by atoms with Crippen molar-refractivity contribution >= 4 is 5.91 Å². The van der Waals surface area contributed by atoms with E-state index in [1.165, 1.54) is 12.8 Å². The molecule has 0 saturated carbocycles. The summed E-state index contributed by atoms with van der Waals surface area (Å²) in [4.78, 5) is 21.2. The number of ether oxygens (including phenoxy) is 1. The van der Waals surface area contributed by atoms with Gasteiger partial charge in [-0.25, -0.2) is 0 Å². The first-order valence-corrected chi connectivity index (χ1v) is 9.45. The van der Waals surface area contributed by atoms with Crippen molar-refractivity contribution in [3.8, 4) is 0 Å². The molecule has 25 heavy (non-hydrogen) atoms. The molecule has 2 aliphatic heterocycles. The van der Waals surface area contributed by atoms with E-state index in [1.54, 1.807) is 7.11 Å². The van der Waals surface area contributed by atoms with Crippen molar-refractivity contribution in [2.24, 2.45) is 5.41 Å². The van der Waals surface area contributed by atoms with Gasteiger partial charge in [0.1, 0.15) is 0 Å². The molecule has 1 aromatic heterocycles. The second kappa shape index (κ2) is 8.27. The van der Waals surface area contributed by atoms with Gasteiger partial charge in [0.25, 0.3) is 0 Å². The molecule has 2 fully saturated rings. The summed E-state index contributed by atoms with van der Waals surface area (Å²) in [7, 11) is 1.71. The fraction of sp³-hybridized carbons (Fsp3) is 0.833. The Morgan fingerprint density at radius 1 is 1.32 bits per heavy atom. The topological polar surface area (TPSA) is 71.7 Å². The van der Waals surface area contributed by atoms with Gasteiger partial charge >= 0.3 is 0 Å². The van der Waals surface area contributed by atoms with Gasteiger partial charge in [-0.15, -0.1) is 0 Å². The van der Waals surface area contributed by atoms with E-state index in [1.807, 2.05) is 6.92 Å². The molecule has 0 radical (unpaired) electrons. The molecule has 140 valence electrons. The number of aromatic nitrogens is 2. The highest BCUT2D eigenvalue weighted by molar-refractivity contribution is 5.77. The van der Waals surface area contributed by atoms with Crippen LogP contribution in [0, 0.1) is 5.41 Å². The van der Waals surface area contributed by atoms with E-state index in [2.05, 4.69) is 19.9 Å². The first-order valence-electron chi connectivity index (χ1n) is 9.45. The minimum Gasteiger partial charge on any atom is -0.385 e. The maximum atomic E-state index is 12.3. The molecule has 2 aliphatic rings. The number of amides is 1. The van der Waals surface area contributed by atoms with Crippen molar-refractivity contribution in [2.75, 3.05) is 39.9 Å². The molecule has 7 heteroatoms. The third kappa shape index (κ3) is 4.58. The molecular weight excluding hydrogens is 320 g/mol. The summed E-state index contributed by atoms with van der Waals surface area (Å²) in [6.45, 7) is 7.22. The molecular formula is C18H30N4O3. The number of piperidine rings is 2. The van der Waals surface area contributed by atoms with E-state index in [0.29, 0.717) is 24.8 Å². The third-order valence-corrected chi connectivity index (χ3v) is 5.44. The number of carbonyl (C=O) groups is 1. The Morgan fingerprint density at radius 2 is 2.20 bits per heavy atom. The van der Waals surface area contributed by atoms with E-state index in [0.717, 1.165) is 57.8 Å². The molecule has 0 unspecified atom stereocenters. The summed E-state index contributed by atoms with van der Waals surface area (Å²) in [5.41, 5.74) is 0.219. The lowest BCUT2D eigenvalue weighted by Gasteiger charge is -2.48. The summed E-state index contributed by atoms with van der Waals surface area (Å²) in [6.07, 6.45) is 5.71. The lowest BCUT2D eigenvalue weighted by atomic mass is 9.73. The molecule has 1 atom stereocenters. The van der Waals surface area contributed by atoms with Gasteiger partial charge in [0.05, 0.1) is 6.54 Å². The summed E-state index contributed by atoms with van der Waals surface area (Å²) >= 11 is 0. The summed E-state index contributed by atoms with van der Waals surface area (Å²) in [5.74, 6) is 1.77. The molecule has 0 aliphatic carbocycles. The molecule has 7 nitrogen and oxygen atoms in total. The van der Waals surface area contributed by atoms with Gasteiger partial charge in [0.15, 0.2) is 5.82 Å². The molecule has 0 aromatic carbocycles. The van der Waals surface area contributed by atoms with Gasteiger partial charge in [-0.2, -0.15) is 4.98 Å². The smallest absolute Gasteiger partial charge is 0.226 e. The first-order chi connectivity index (χ1) is 12.1. The maximum absolute atomic E-state index is 12.3. The zero-order valence-electron chi connectivity index (χ0n) is 15.5. The van der Waals surface area contributed by atoms with Crippen LogP contribution in [0.15, 0.2) is 4.52 Å². The molecule has 3 heterocycles. The second-order valence-electron chi connectivity index (χ2n) is 7.43. The Kier molecular flexibility index (Phi) is 6.06. The average molecular weight is 350 g/mol. The predicted octanol–water partition coefficient (Wildman–Crippen LogP) is 1.87. The second-order valence-corrected chi connectivity index (χ2v) is 7.43. The van der Waals surface area contributed by atoms with Crippen LogP contribution >= 0.6 is 0 Å². The quantitative estimate of drug-likeness (QED) is 0.699. The molecule has 0 N–H and O–H groups in total. The van der Waals surface area contributed by atoms with Gasteiger partial charge < -0.3 is 14.2 Å². The normalized spacial score (nSPS) is 25.0. The molecule has 1 amide bonds. The Hall–Kier alpha value is -1.47. The zero-order chi connectivity index (χ0) is 17.7. The van der Waals surface area contributed by atoms with Crippen molar-refractivity contribution in [2.45, 2.75) is 52.0 Å². The Bertz CT molecular complexity index is 576. The first kappa shape index (κ1) is 18.3. The fourth-order valence-corrected chi connectivity index (χ4v) is 4.18. The average Bonchev–Trinajstić information content (AvgIpc) is 3.06. The number of aryl methyl sites for hydroxylation is 1. The number of rotatable bonds is 7. The molecule has 1 aromatic rings. The highest BCUT2D eigenvalue weighted by Gasteiger charge is 2.41. The summed E-state index contributed by atoms with van der Waals surface area (Å²) in [5, 5.41) is 4.09. The maximum Gasteiger partial charge on any atom is 0.226 e. The standard InChI is InChI=1S/C18H30N4O3/c1-3-16-19-15(20-25-16)12-21-9-4-7-18(13-21)8-6-17(23)22(14-18)10-5-11-24-2/h3-14H2,1-2H3/t18-/m0/s1. The van der Waals surface area contributed by atoms with E-state index in [4.69, 9.17) is 9.26 Å². The largest absolute Gasteiger partial charge is 0.385 e. The van der Waals surface area contributed by atoms with Crippen molar-refractivity contribution in [3.05, 3.63) is 11.7 Å². The van der Waals surface area contributed by atoms with Crippen molar-refractivity contribution in [1.82, 2.24) is 19.9 Å². The van der Waals surface area contributed by atoms with E-state index in [9.17, 15) is 4.79 Å². The molecule has 3 rings (SSSR count). The van der Waals surface area contributed by atoms with Crippen LogP contribution < -0.4 is 0 Å². The minimum atomic E-state index is 0.219. The fourth-order valence-electron chi connectivity index (χ4n) is 4.18. The Balaban J connectivity index is 1.59. The van der Waals surface area contributed by atoms with Gasteiger partial charge in [-0.05, 0) is 32.2 Å². The van der Waals surface area contributed by atoms with Crippen LogP contribution in [0.3, 0.4) is 0 Å². The van der Waals surface area contributed by atoms with Crippen LogP contribution in [-0.2, 0) is 22.5 Å². The number of hydrogen-bond acceptors (Lipinski definition) is 6. The van der Waals surface area contributed by atoms with E-state index < -0.39 is 0 Å². The van der Waals surface area contributed by atoms with Crippen LogP contribution in [0.2, 0.25) is 0 Å². The van der Waals surface area contributed by atoms with Crippen LogP contribution in [0.5, 0.6) is 0 Å². The highest BCUT2D eigenvalue weighted by Crippen LogP contribution is 2.39. The zero-order valence-corrected chi connectivity index (χ0v) is 15.5. The van der Waals surface area contributed by atoms with Crippen LogP contribution in [0.1, 0.15) is 50.7 Å². The SMILES string of the molecule is CCc1nc(CN2CCC[C@]3(CCC(=O)N(CCCOC)C3)C2)no1. The molecule has 2 saturated heterocycles. The summed E-state index contributed by atoms with van der Waals surface area (Å²) < 4.78 is 10.4. The van der Waals surface area contributed by atoms with E-state index >= 15 is 0 Å². The number of likely N-dealkylation sites (tertiary alicyclic amines) is 2. The lowest BCUT2D eigenvalue weighted by molar-refractivity contribution is -0.139. The Morgan fingerprint density at radius 3 is 2.96 bits per heavy atom. The summed E-state index contributed by atoms with van der Waals surface area (Å²) in [6, 6.07) is 0. The minimum absolute atomic E-state index is 0.219. The molecule has 1 spiro atoms. The van der Waals surface area contributed by atoms with Crippen molar-refractivity contribution in [1.29, 1.82) is 0 Å². The van der Waals surface area contributed by atoms with Gasteiger partial charge in [-0.3, -0.25) is 9.69 Å². The van der Waals surface area contributed by atoms with Crippen molar-refractivity contribution < 1.29 is 14.1 Å². The monoisotopic (exact) mass is 350 g/mol. The molecule has 0 bridgehead atoms.